The molecule has 2 nitrogen and oxygen atoms in total. The molecule has 3 rings (SSSR count). The molecule has 2 aliphatic carbocycles. The Bertz CT molecular complexity index is 510. The summed E-state index contributed by atoms with van der Waals surface area (Å²) in [4.78, 5) is 4.88. The van der Waals surface area contributed by atoms with Crippen LogP contribution in [0.3, 0.4) is 0 Å². The minimum atomic E-state index is -0.693. The van der Waals surface area contributed by atoms with Crippen LogP contribution in [0.2, 0.25) is 0 Å². The molecule has 1 heterocycles. The lowest BCUT2D eigenvalue weighted by molar-refractivity contribution is -0.126. The fraction of sp³-hybridized carbons (Fsp3) is 0.706. The molecular formula is C17H25NO. The Hall–Kier alpha value is -0.890. The van der Waals surface area contributed by atoms with E-state index < -0.39 is 5.60 Å². The van der Waals surface area contributed by atoms with E-state index in [1.807, 2.05) is 0 Å². The van der Waals surface area contributed by atoms with Crippen LogP contribution in [0.15, 0.2) is 12.1 Å². The fourth-order valence-corrected chi connectivity index (χ4v) is 3.90. The van der Waals surface area contributed by atoms with Crippen molar-refractivity contribution in [2.75, 3.05) is 0 Å². The molecule has 2 aliphatic rings. The molecule has 0 aromatic carbocycles. The average molecular weight is 259 g/mol. The quantitative estimate of drug-likeness (QED) is 0.834. The van der Waals surface area contributed by atoms with Gasteiger partial charge in [-0.2, -0.15) is 0 Å². The third kappa shape index (κ3) is 1.62. The first-order chi connectivity index (χ1) is 8.82. The van der Waals surface area contributed by atoms with Gasteiger partial charge in [-0.05, 0) is 37.3 Å². The van der Waals surface area contributed by atoms with Gasteiger partial charge in [0.15, 0.2) is 0 Å². The number of hydrogen-bond acceptors (Lipinski definition) is 2. The number of hydrogen-bond donors (Lipinski definition) is 1. The van der Waals surface area contributed by atoms with Crippen LogP contribution in [0.25, 0.3) is 0 Å². The number of pyridine rings is 1. The van der Waals surface area contributed by atoms with Crippen molar-refractivity contribution < 1.29 is 5.11 Å². The third-order valence-corrected chi connectivity index (χ3v) is 5.37. The van der Waals surface area contributed by atoms with E-state index in [2.05, 4.69) is 39.8 Å². The average Bonchev–Trinajstić information content (AvgIpc) is 2.58. The largest absolute Gasteiger partial charge is 0.383 e. The number of aromatic nitrogens is 1. The predicted molar refractivity (Wildman–Crippen MR) is 77.1 cm³/mol. The van der Waals surface area contributed by atoms with Gasteiger partial charge < -0.3 is 5.11 Å². The van der Waals surface area contributed by atoms with Crippen LogP contribution in [0.5, 0.6) is 0 Å². The van der Waals surface area contributed by atoms with E-state index in [0.29, 0.717) is 0 Å². The SMILES string of the molecule is CCC1(O)c2nc(C(C)(C)C)ccc2CC12CCC2. The van der Waals surface area contributed by atoms with Crippen LogP contribution < -0.4 is 0 Å². The second-order valence-electron chi connectivity index (χ2n) is 7.48. The first-order valence-corrected chi connectivity index (χ1v) is 7.56. The molecule has 1 aromatic heterocycles. The highest BCUT2D eigenvalue weighted by Gasteiger charge is 2.59. The fourth-order valence-electron chi connectivity index (χ4n) is 3.90. The summed E-state index contributed by atoms with van der Waals surface area (Å²) in [7, 11) is 0. The Kier molecular flexibility index (Phi) is 2.63. The molecule has 0 aliphatic heterocycles. The van der Waals surface area contributed by atoms with Gasteiger partial charge in [0.1, 0.15) is 5.60 Å². The van der Waals surface area contributed by atoms with E-state index in [1.165, 1.54) is 12.0 Å². The first kappa shape index (κ1) is 13.1. The van der Waals surface area contributed by atoms with Crippen LogP contribution in [-0.4, -0.2) is 10.1 Å². The van der Waals surface area contributed by atoms with Crippen molar-refractivity contribution in [3.8, 4) is 0 Å². The monoisotopic (exact) mass is 259 g/mol. The minimum absolute atomic E-state index is 0.0407. The van der Waals surface area contributed by atoms with Gasteiger partial charge in [-0.3, -0.25) is 4.98 Å². The van der Waals surface area contributed by atoms with Gasteiger partial charge >= 0.3 is 0 Å². The van der Waals surface area contributed by atoms with Crippen molar-refractivity contribution in [3.63, 3.8) is 0 Å². The standard InChI is InChI=1S/C17H25NO/c1-5-17(19)14-12(11-16(17)9-6-10-16)7-8-13(18-14)15(2,3)4/h7-8,19H,5-6,9-11H2,1-4H3. The van der Waals surface area contributed by atoms with Gasteiger partial charge in [0, 0.05) is 16.5 Å². The summed E-state index contributed by atoms with van der Waals surface area (Å²) in [6.45, 7) is 8.64. The summed E-state index contributed by atoms with van der Waals surface area (Å²) in [6.07, 6.45) is 5.35. The number of fused-ring (bicyclic) bond motifs is 1. The Morgan fingerprint density at radius 2 is 1.95 bits per heavy atom. The van der Waals surface area contributed by atoms with Crippen molar-refractivity contribution >= 4 is 0 Å². The van der Waals surface area contributed by atoms with Crippen LogP contribution in [0, 0.1) is 5.41 Å². The smallest absolute Gasteiger partial charge is 0.112 e. The lowest BCUT2D eigenvalue weighted by Crippen LogP contribution is -2.47. The lowest BCUT2D eigenvalue weighted by Gasteiger charge is -2.48. The Morgan fingerprint density at radius 1 is 1.26 bits per heavy atom. The topological polar surface area (TPSA) is 33.1 Å². The molecule has 1 atom stereocenters. The van der Waals surface area contributed by atoms with E-state index in [1.54, 1.807) is 0 Å². The zero-order valence-corrected chi connectivity index (χ0v) is 12.6. The maximum atomic E-state index is 11.3. The highest BCUT2D eigenvalue weighted by molar-refractivity contribution is 5.39. The van der Waals surface area contributed by atoms with E-state index in [-0.39, 0.29) is 10.8 Å². The zero-order chi connectivity index (χ0) is 13.9. The Labute approximate surface area is 116 Å². The Morgan fingerprint density at radius 3 is 2.42 bits per heavy atom. The molecule has 0 amide bonds. The van der Waals surface area contributed by atoms with E-state index in [9.17, 15) is 5.11 Å². The molecule has 104 valence electrons. The van der Waals surface area contributed by atoms with E-state index >= 15 is 0 Å². The van der Waals surface area contributed by atoms with Crippen molar-refractivity contribution in [1.29, 1.82) is 0 Å². The van der Waals surface area contributed by atoms with Crippen molar-refractivity contribution in [2.45, 2.75) is 70.8 Å². The van der Waals surface area contributed by atoms with Crippen LogP contribution in [0.1, 0.15) is 70.3 Å². The molecule has 0 saturated heterocycles. The lowest BCUT2D eigenvalue weighted by atomic mass is 9.59. The summed E-state index contributed by atoms with van der Waals surface area (Å²) in [5.74, 6) is 0. The highest BCUT2D eigenvalue weighted by Crippen LogP contribution is 2.61. The highest BCUT2D eigenvalue weighted by atomic mass is 16.3. The van der Waals surface area contributed by atoms with Crippen molar-refractivity contribution in [1.82, 2.24) is 4.98 Å². The molecule has 1 N–H and O–H groups in total. The van der Waals surface area contributed by atoms with E-state index in [0.717, 1.165) is 37.1 Å². The summed E-state index contributed by atoms with van der Waals surface area (Å²) >= 11 is 0. The number of rotatable bonds is 1. The molecule has 0 radical (unpaired) electrons. The number of aliphatic hydroxyl groups is 1. The summed E-state index contributed by atoms with van der Waals surface area (Å²) in [5.41, 5.74) is 2.78. The molecule has 2 heteroatoms. The molecule has 1 spiro atoms. The molecule has 1 aromatic rings. The summed E-state index contributed by atoms with van der Waals surface area (Å²) in [6, 6.07) is 4.35. The van der Waals surface area contributed by atoms with Crippen molar-refractivity contribution in [2.24, 2.45) is 5.41 Å². The van der Waals surface area contributed by atoms with Gasteiger partial charge in [-0.1, -0.05) is 40.2 Å². The third-order valence-electron chi connectivity index (χ3n) is 5.37. The first-order valence-electron chi connectivity index (χ1n) is 7.56. The maximum Gasteiger partial charge on any atom is 0.112 e. The van der Waals surface area contributed by atoms with Gasteiger partial charge in [0.2, 0.25) is 0 Å². The van der Waals surface area contributed by atoms with Crippen LogP contribution in [-0.2, 0) is 17.4 Å². The van der Waals surface area contributed by atoms with Gasteiger partial charge in [0.25, 0.3) is 0 Å². The number of nitrogens with zero attached hydrogens (tertiary/aromatic N) is 1. The normalized spacial score (nSPS) is 28.3. The molecule has 1 fully saturated rings. The molecule has 1 unspecified atom stereocenters. The van der Waals surface area contributed by atoms with Gasteiger partial charge in [-0.25, -0.2) is 0 Å². The predicted octanol–water partition coefficient (Wildman–Crippen LogP) is 3.70. The summed E-state index contributed by atoms with van der Waals surface area (Å²) < 4.78 is 0. The minimum Gasteiger partial charge on any atom is -0.383 e. The van der Waals surface area contributed by atoms with Crippen molar-refractivity contribution in [3.05, 3.63) is 29.1 Å². The second kappa shape index (κ2) is 3.82. The van der Waals surface area contributed by atoms with Crippen LogP contribution >= 0.6 is 0 Å². The maximum absolute atomic E-state index is 11.3. The molecule has 1 saturated carbocycles. The van der Waals surface area contributed by atoms with Gasteiger partial charge in [0.05, 0.1) is 5.69 Å². The Balaban J connectivity index is 2.12. The summed E-state index contributed by atoms with van der Waals surface area (Å²) in [5, 5.41) is 11.3. The molecule has 0 bridgehead atoms. The van der Waals surface area contributed by atoms with Crippen LogP contribution in [0.4, 0.5) is 0 Å². The molecule has 19 heavy (non-hydrogen) atoms. The molecular weight excluding hydrogens is 234 g/mol. The van der Waals surface area contributed by atoms with Gasteiger partial charge in [-0.15, -0.1) is 0 Å². The second-order valence-corrected chi connectivity index (χ2v) is 7.48. The zero-order valence-electron chi connectivity index (χ0n) is 12.6. The van der Waals surface area contributed by atoms with E-state index in [4.69, 9.17) is 4.98 Å².